The molecule has 0 bridgehead atoms. The first-order valence-corrected chi connectivity index (χ1v) is 13.3. The molecule has 0 aliphatic heterocycles. The number of benzene rings is 5. The average Bonchev–Trinajstić information content (AvgIpc) is 3.51. The highest BCUT2D eigenvalue weighted by Crippen LogP contribution is 2.42. The number of allylic oxidation sites excluding steroid dienone is 1. The van der Waals surface area contributed by atoms with Crippen molar-refractivity contribution in [2.24, 2.45) is 0 Å². The minimum Gasteiger partial charge on any atom is -0.310 e. The summed E-state index contributed by atoms with van der Waals surface area (Å²) in [5.74, 6) is 0.285. The summed E-state index contributed by atoms with van der Waals surface area (Å²) in [7, 11) is 0. The fourth-order valence-corrected chi connectivity index (χ4v) is 6.47. The van der Waals surface area contributed by atoms with Crippen LogP contribution in [0.15, 0.2) is 133 Å². The van der Waals surface area contributed by atoms with Gasteiger partial charge in [-0.15, -0.1) is 0 Å². The zero-order chi connectivity index (χ0) is 25.1. The van der Waals surface area contributed by atoms with Gasteiger partial charge in [-0.3, -0.25) is 0 Å². The monoisotopic (exact) mass is 486 g/mol. The van der Waals surface area contributed by atoms with Crippen molar-refractivity contribution in [3.05, 3.63) is 150 Å². The molecular formula is C36H26N2. The minimum absolute atomic E-state index is 0.285. The molecule has 0 amide bonds. The molecule has 1 unspecified atom stereocenters. The lowest BCUT2D eigenvalue weighted by molar-refractivity contribution is 0.828. The number of fused-ring (bicyclic) bond motifs is 6. The van der Waals surface area contributed by atoms with Gasteiger partial charge in [0.2, 0.25) is 0 Å². The van der Waals surface area contributed by atoms with E-state index in [-0.39, 0.29) is 5.92 Å². The summed E-state index contributed by atoms with van der Waals surface area (Å²) < 4.78 is 4.87. The van der Waals surface area contributed by atoms with Crippen molar-refractivity contribution < 1.29 is 0 Å². The third kappa shape index (κ3) is 3.07. The van der Waals surface area contributed by atoms with Crippen molar-refractivity contribution in [2.75, 3.05) is 0 Å². The van der Waals surface area contributed by atoms with Gasteiger partial charge < -0.3 is 9.13 Å². The van der Waals surface area contributed by atoms with Crippen LogP contribution in [0.2, 0.25) is 0 Å². The van der Waals surface area contributed by atoms with Gasteiger partial charge in [-0.2, -0.15) is 0 Å². The van der Waals surface area contributed by atoms with E-state index in [0.29, 0.717) is 0 Å². The van der Waals surface area contributed by atoms with E-state index in [4.69, 9.17) is 0 Å². The van der Waals surface area contributed by atoms with E-state index in [0.717, 1.165) is 6.42 Å². The second-order valence-corrected chi connectivity index (χ2v) is 10.2. The Morgan fingerprint density at radius 1 is 0.500 bits per heavy atom. The van der Waals surface area contributed by atoms with Crippen LogP contribution in [0.1, 0.15) is 22.7 Å². The van der Waals surface area contributed by atoms with Gasteiger partial charge in [0.05, 0.1) is 16.6 Å². The number of para-hydroxylation sites is 5. The van der Waals surface area contributed by atoms with E-state index < -0.39 is 0 Å². The maximum atomic E-state index is 2.45. The average molecular weight is 487 g/mol. The second-order valence-electron chi connectivity index (χ2n) is 10.2. The van der Waals surface area contributed by atoms with Crippen LogP contribution in [0.3, 0.4) is 0 Å². The van der Waals surface area contributed by atoms with Gasteiger partial charge in [-0.1, -0.05) is 97.1 Å². The molecule has 2 nitrogen and oxygen atoms in total. The predicted octanol–water partition coefficient (Wildman–Crippen LogP) is 9.08. The van der Waals surface area contributed by atoms with Gasteiger partial charge in [-0.25, -0.2) is 0 Å². The number of hydrogen-bond donors (Lipinski definition) is 0. The number of nitrogens with zero attached hydrogens (tertiary/aromatic N) is 2. The molecule has 0 N–H and O–H groups in total. The molecule has 2 aromatic heterocycles. The molecule has 0 saturated heterocycles. The fraction of sp³-hybridized carbons (Fsp3) is 0.0556. The third-order valence-electron chi connectivity index (χ3n) is 8.08. The molecule has 1 atom stereocenters. The van der Waals surface area contributed by atoms with Crippen molar-refractivity contribution in [3.8, 4) is 11.4 Å². The normalized spacial score (nSPS) is 14.9. The Labute approximate surface area is 221 Å². The van der Waals surface area contributed by atoms with E-state index >= 15 is 0 Å². The number of hydrogen-bond acceptors (Lipinski definition) is 0. The van der Waals surface area contributed by atoms with Crippen molar-refractivity contribution in [1.82, 2.24) is 9.13 Å². The molecule has 5 aromatic carbocycles. The lowest BCUT2D eigenvalue weighted by Gasteiger charge is -2.21. The lowest BCUT2D eigenvalue weighted by atomic mass is 9.85. The minimum atomic E-state index is 0.285. The summed E-state index contributed by atoms with van der Waals surface area (Å²) in [6, 6.07) is 46.0. The van der Waals surface area contributed by atoms with Gasteiger partial charge >= 0.3 is 0 Å². The zero-order valence-corrected chi connectivity index (χ0v) is 21.0. The van der Waals surface area contributed by atoms with E-state index in [1.54, 1.807) is 0 Å². The molecule has 8 rings (SSSR count). The topological polar surface area (TPSA) is 9.86 Å². The molecule has 0 fully saturated rings. The lowest BCUT2D eigenvalue weighted by Crippen LogP contribution is -2.09. The number of aromatic nitrogens is 2. The number of rotatable bonds is 3. The second kappa shape index (κ2) is 8.36. The molecule has 7 aromatic rings. The highest BCUT2D eigenvalue weighted by atomic mass is 15.0. The van der Waals surface area contributed by atoms with Crippen molar-refractivity contribution >= 4 is 38.8 Å². The Bertz CT molecular complexity index is 1990. The summed E-state index contributed by atoms with van der Waals surface area (Å²) >= 11 is 0. The molecular weight excluding hydrogens is 460 g/mol. The fourth-order valence-electron chi connectivity index (χ4n) is 6.47. The van der Waals surface area contributed by atoms with Crippen LogP contribution in [0.5, 0.6) is 0 Å². The molecule has 2 heterocycles. The molecule has 1 aliphatic rings. The Kier molecular flexibility index (Phi) is 4.68. The van der Waals surface area contributed by atoms with Crippen LogP contribution in [-0.2, 0) is 6.42 Å². The molecule has 180 valence electrons. The van der Waals surface area contributed by atoms with E-state index in [1.165, 1.54) is 60.9 Å². The van der Waals surface area contributed by atoms with Crippen molar-refractivity contribution in [2.45, 2.75) is 12.3 Å². The van der Waals surface area contributed by atoms with Gasteiger partial charge in [0.1, 0.15) is 0 Å². The largest absolute Gasteiger partial charge is 0.310 e. The first-order chi connectivity index (χ1) is 18.9. The molecule has 1 aliphatic carbocycles. The van der Waals surface area contributed by atoms with Gasteiger partial charge in [0.25, 0.3) is 0 Å². The molecule has 0 saturated carbocycles. The Hall–Kier alpha value is -4.82. The van der Waals surface area contributed by atoms with Gasteiger partial charge in [-0.05, 0) is 60.0 Å². The van der Waals surface area contributed by atoms with Crippen molar-refractivity contribution in [1.29, 1.82) is 0 Å². The SMILES string of the molecule is C1=CC(c2cccc3c4ccccc4n(-c4ccccc4)c23)Cc2c1n(-c1ccccc1)c1ccccc21. The van der Waals surface area contributed by atoms with Crippen LogP contribution in [-0.4, -0.2) is 9.13 Å². The zero-order valence-electron chi connectivity index (χ0n) is 21.0. The first-order valence-electron chi connectivity index (χ1n) is 13.3. The molecule has 0 radical (unpaired) electrons. The highest BCUT2D eigenvalue weighted by Gasteiger charge is 2.26. The van der Waals surface area contributed by atoms with E-state index in [1.807, 2.05) is 0 Å². The van der Waals surface area contributed by atoms with Gasteiger partial charge in [0.15, 0.2) is 0 Å². The summed E-state index contributed by atoms with van der Waals surface area (Å²) in [5, 5.41) is 3.96. The summed E-state index contributed by atoms with van der Waals surface area (Å²) in [6.45, 7) is 0. The maximum absolute atomic E-state index is 2.45. The Balaban J connectivity index is 1.36. The third-order valence-corrected chi connectivity index (χ3v) is 8.08. The van der Waals surface area contributed by atoms with E-state index in [2.05, 4.69) is 149 Å². The maximum Gasteiger partial charge on any atom is 0.0579 e. The summed E-state index contributed by atoms with van der Waals surface area (Å²) in [4.78, 5) is 0. The van der Waals surface area contributed by atoms with Gasteiger partial charge in [0, 0.05) is 39.1 Å². The first kappa shape index (κ1) is 21.3. The molecule has 38 heavy (non-hydrogen) atoms. The van der Waals surface area contributed by atoms with Crippen molar-refractivity contribution in [3.63, 3.8) is 0 Å². The standard InChI is InChI=1S/C36H26N2/c1-3-12-26(13-4-1)37-33-20-9-8-17-30(33)32-24-25(22-23-35(32)37)28-18-11-19-31-29-16-7-10-21-34(29)38(36(28)31)27-14-5-2-6-15-27/h1-23,25H,24H2. The summed E-state index contributed by atoms with van der Waals surface area (Å²) in [5.41, 5.74) is 10.3. The van der Waals surface area contributed by atoms with Crippen LogP contribution in [0, 0.1) is 0 Å². The smallest absolute Gasteiger partial charge is 0.0579 e. The van der Waals surface area contributed by atoms with Crippen LogP contribution in [0.25, 0.3) is 50.2 Å². The Morgan fingerprint density at radius 2 is 1.08 bits per heavy atom. The highest BCUT2D eigenvalue weighted by molar-refractivity contribution is 6.10. The summed E-state index contributed by atoms with van der Waals surface area (Å²) in [6.07, 6.45) is 5.74. The molecule has 2 heteroatoms. The van der Waals surface area contributed by atoms with E-state index in [9.17, 15) is 0 Å². The van der Waals surface area contributed by atoms with Crippen LogP contribution < -0.4 is 0 Å². The Morgan fingerprint density at radius 3 is 1.82 bits per heavy atom. The van der Waals surface area contributed by atoms with Crippen LogP contribution >= 0.6 is 0 Å². The molecule has 0 spiro atoms. The predicted molar refractivity (Wildman–Crippen MR) is 160 cm³/mol. The van der Waals surface area contributed by atoms with Crippen LogP contribution in [0.4, 0.5) is 0 Å². The quantitative estimate of drug-likeness (QED) is 0.236.